The van der Waals surface area contributed by atoms with Crippen molar-refractivity contribution in [3.05, 3.63) is 35.8 Å². The summed E-state index contributed by atoms with van der Waals surface area (Å²) in [6.45, 7) is 6.45. The highest BCUT2D eigenvalue weighted by Crippen LogP contribution is 2.59. The van der Waals surface area contributed by atoms with Crippen LogP contribution in [0, 0.1) is 17.8 Å². The number of imidazole rings is 1. The van der Waals surface area contributed by atoms with Crippen LogP contribution < -0.4 is 5.32 Å². The van der Waals surface area contributed by atoms with Crippen molar-refractivity contribution in [2.24, 2.45) is 17.8 Å². The molecule has 9 nitrogen and oxygen atoms in total. The number of alkyl halides is 1. The molecule has 10 heteroatoms. The fourth-order valence-corrected chi connectivity index (χ4v) is 6.37. The molecule has 1 aliphatic heterocycles. The van der Waals surface area contributed by atoms with Crippen molar-refractivity contribution in [3.63, 3.8) is 0 Å². The van der Waals surface area contributed by atoms with Crippen molar-refractivity contribution in [3.8, 4) is 0 Å². The molecule has 3 heterocycles. The summed E-state index contributed by atoms with van der Waals surface area (Å²) in [4.78, 5) is 45.7. The van der Waals surface area contributed by atoms with Gasteiger partial charge in [0.1, 0.15) is 17.0 Å². The number of hydrogen-bond acceptors (Lipinski definition) is 5. The number of carbonyl (C=O) groups excluding carboxylic acids is 3. The Morgan fingerprint density at radius 3 is 2.60 bits per heavy atom. The molecule has 0 radical (unpaired) electrons. The number of halogens is 1. The number of piperazine rings is 1. The smallest absolute Gasteiger partial charge is 0.409 e. The lowest BCUT2D eigenvalue weighted by molar-refractivity contribution is -0.000391. The zero-order valence-electron chi connectivity index (χ0n) is 20.2. The monoisotopic (exact) mass is 501 g/mol. The van der Waals surface area contributed by atoms with E-state index in [-0.39, 0.29) is 28.5 Å². The minimum Gasteiger partial charge on any atom is -0.450 e. The summed E-state index contributed by atoms with van der Waals surface area (Å²) < 4.78 is 6.71. The lowest BCUT2D eigenvalue weighted by Crippen LogP contribution is -2.57. The van der Waals surface area contributed by atoms with Gasteiger partial charge >= 0.3 is 6.09 Å². The summed E-state index contributed by atoms with van der Waals surface area (Å²) >= 11 is 6.72. The third-order valence-electron chi connectivity index (χ3n) is 8.08. The number of nitrogens with zero attached hydrogens (tertiary/aromatic N) is 4. The molecule has 3 amide bonds. The zero-order valence-corrected chi connectivity index (χ0v) is 21.0. The number of nitrogens with one attached hydrogen (secondary N) is 1. The predicted molar refractivity (Wildman–Crippen MR) is 131 cm³/mol. The second-order valence-corrected chi connectivity index (χ2v) is 10.8. The van der Waals surface area contributed by atoms with Crippen LogP contribution in [0.3, 0.4) is 0 Å². The molecular formula is C25H32ClN5O4. The van der Waals surface area contributed by atoms with Crippen molar-refractivity contribution in [1.82, 2.24) is 24.5 Å². The van der Waals surface area contributed by atoms with Crippen LogP contribution in [0.1, 0.15) is 54.1 Å². The first kappa shape index (κ1) is 23.9. The van der Waals surface area contributed by atoms with Gasteiger partial charge in [-0.3, -0.25) is 14.0 Å². The van der Waals surface area contributed by atoms with Crippen LogP contribution in [0.25, 0.3) is 5.65 Å². The van der Waals surface area contributed by atoms with Gasteiger partial charge in [0.05, 0.1) is 6.61 Å². The Morgan fingerprint density at radius 2 is 1.91 bits per heavy atom. The van der Waals surface area contributed by atoms with Gasteiger partial charge in [0.15, 0.2) is 0 Å². The van der Waals surface area contributed by atoms with Crippen molar-refractivity contribution in [1.29, 1.82) is 0 Å². The van der Waals surface area contributed by atoms with E-state index in [1.54, 1.807) is 45.5 Å². The van der Waals surface area contributed by atoms with Crippen molar-refractivity contribution < 1.29 is 19.1 Å². The first-order valence-corrected chi connectivity index (χ1v) is 12.8. The van der Waals surface area contributed by atoms with Gasteiger partial charge in [-0.1, -0.05) is 6.07 Å². The molecule has 4 aliphatic rings. The summed E-state index contributed by atoms with van der Waals surface area (Å²) in [6.07, 6.45) is 4.63. The molecule has 1 unspecified atom stereocenters. The molecule has 2 bridgehead atoms. The Morgan fingerprint density at radius 1 is 1.17 bits per heavy atom. The average Bonchev–Trinajstić information content (AvgIpc) is 3.31. The van der Waals surface area contributed by atoms with Crippen LogP contribution in [0.5, 0.6) is 0 Å². The van der Waals surface area contributed by atoms with Crippen LogP contribution >= 0.6 is 11.6 Å². The first-order valence-electron chi connectivity index (χ1n) is 12.5. The van der Waals surface area contributed by atoms with Gasteiger partial charge in [0.25, 0.3) is 11.8 Å². The van der Waals surface area contributed by atoms with Crippen LogP contribution in [0.4, 0.5) is 4.79 Å². The van der Waals surface area contributed by atoms with Crippen molar-refractivity contribution in [2.75, 3.05) is 39.3 Å². The van der Waals surface area contributed by atoms with E-state index in [0.717, 1.165) is 19.3 Å². The molecule has 0 aromatic carbocycles. The Labute approximate surface area is 209 Å². The van der Waals surface area contributed by atoms with Crippen molar-refractivity contribution in [2.45, 2.75) is 38.0 Å². The van der Waals surface area contributed by atoms with E-state index in [1.165, 1.54) is 0 Å². The summed E-state index contributed by atoms with van der Waals surface area (Å²) in [6, 6.07) is 5.29. The first-order chi connectivity index (χ1) is 16.8. The SMILES string of the molecule is CCOC(=O)N1CCN(C(=O)c2cn3c(C(=O)NC[C@@H]4CC[C@H]5C[C@@H]4C5(C)Cl)cccc3n2)CC1. The molecule has 2 aromatic rings. The van der Waals surface area contributed by atoms with Gasteiger partial charge in [-0.2, -0.15) is 0 Å². The van der Waals surface area contributed by atoms with Crippen LogP contribution in [-0.2, 0) is 4.74 Å². The number of carbonyl (C=O) groups is 3. The van der Waals surface area contributed by atoms with Gasteiger partial charge < -0.3 is 19.9 Å². The molecule has 6 rings (SSSR count). The van der Waals surface area contributed by atoms with Gasteiger partial charge in [-0.15, -0.1) is 11.6 Å². The Kier molecular flexibility index (Phi) is 6.38. The van der Waals surface area contributed by atoms with Crippen LogP contribution in [-0.4, -0.2) is 81.3 Å². The number of ether oxygens (including phenoxy) is 1. The lowest BCUT2D eigenvalue weighted by atomic mass is 9.53. The molecule has 1 saturated heterocycles. The third kappa shape index (κ3) is 4.35. The number of hydrogen-bond donors (Lipinski definition) is 1. The number of fused-ring (bicyclic) bond motifs is 3. The fraction of sp³-hybridized carbons (Fsp3) is 0.600. The third-order valence-corrected chi connectivity index (χ3v) is 8.67. The minimum absolute atomic E-state index is 0.144. The summed E-state index contributed by atoms with van der Waals surface area (Å²) in [7, 11) is 0. The molecule has 3 saturated carbocycles. The molecule has 35 heavy (non-hydrogen) atoms. The number of pyridine rings is 1. The van der Waals surface area contributed by atoms with Crippen molar-refractivity contribution >= 4 is 35.2 Å². The summed E-state index contributed by atoms with van der Waals surface area (Å²) in [5.41, 5.74) is 1.26. The Balaban J connectivity index is 1.24. The summed E-state index contributed by atoms with van der Waals surface area (Å²) in [5.74, 6) is 1.03. The number of amides is 3. The standard InChI is InChI=1S/C25H32ClN5O4/c1-3-35-24(34)30-11-9-29(10-12-30)23(33)19-15-31-20(5-4-6-21(31)28-19)22(32)27-14-16-7-8-17-13-18(16)25(17,2)26/h4-6,15-18H,3,7-14H2,1-2H3,(H,27,32)/t16-,17-,18-,25?/m0/s1. The van der Waals surface area contributed by atoms with Crippen LogP contribution in [0.15, 0.2) is 24.4 Å². The maximum absolute atomic E-state index is 13.1. The molecule has 2 aromatic heterocycles. The van der Waals surface area contributed by atoms with E-state index in [0.29, 0.717) is 68.4 Å². The minimum atomic E-state index is -0.357. The van der Waals surface area contributed by atoms with Gasteiger partial charge in [0, 0.05) is 43.8 Å². The highest BCUT2D eigenvalue weighted by molar-refractivity contribution is 6.24. The van der Waals surface area contributed by atoms with Crippen LogP contribution in [0.2, 0.25) is 0 Å². The topological polar surface area (TPSA) is 96.3 Å². The van der Waals surface area contributed by atoms with Gasteiger partial charge in [-0.05, 0) is 63.0 Å². The molecular weight excluding hydrogens is 470 g/mol. The summed E-state index contributed by atoms with van der Waals surface area (Å²) in [5, 5.41) is 3.09. The van der Waals surface area contributed by atoms with E-state index >= 15 is 0 Å². The quantitative estimate of drug-likeness (QED) is 0.635. The second kappa shape index (κ2) is 9.33. The molecule has 3 aliphatic carbocycles. The van der Waals surface area contributed by atoms with Gasteiger partial charge in [0.2, 0.25) is 0 Å². The second-order valence-electron chi connectivity index (χ2n) is 9.98. The molecule has 1 N–H and O–H groups in total. The number of rotatable bonds is 5. The van der Waals surface area contributed by atoms with E-state index in [4.69, 9.17) is 16.3 Å². The molecule has 0 spiro atoms. The van der Waals surface area contributed by atoms with Gasteiger partial charge in [-0.25, -0.2) is 9.78 Å². The molecule has 4 fully saturated rings. The maximum atomic E-state index is 13.1. The fourth-order valence-electron chi connectivity index (χ4n) is 5.91. The highest BCUT2D eigenvalue weighted by atomic mass is 35.5. The molecule has 4 atom stereocenters. The lowest BCUT2D eigenvalue weighted by Gasteiger charge is -2.58. The highest BCUT2D eigenvalue weighted by Gasteiger charge is 2.56. The average molecular weight is 502 g/mol. The van der Waals surface area contributed by atoms with E-state index in [2.05, 4.69) is 17.2 Å². The maximum Gasteiger partial charge on any atom is 0.409 e. The predicted octanol–water partition coefficient (Wildman–Crippen LogP) is 3.02. The Bertz CT molecular complexity index is 1140. The zero-order chi connectivity index (χ0) is 24.7. The van der Waals surface area contributed by atoms with E-state index < -0.39 is 0 Å². The molecule has 188 valence electrons. The number of aromatic nitrogens is 2. The Hall–Kier alpha value is -2.81. The van der Waals surface area contributed by atoms with E-state index in [1.807, 2.05) is 0 Å². The normalized spacial score (nSPS) is 27.9. The largest absolute Gasteiger partial charge is 0.450 e. The van der Waals surface area contributed by atoms with E-state index in [9.17, 15) is 14.4 Å².